The Hall–Kier alpha value is -7.25. The molecule has 2 fully saturated rings. The summed E-state index contributed by atoms with van der Waals surface area (Å²) in [5.41, 5.74) is 6.76. The van der Waals surface area contributed by atoms with Gasteiger partial charge in [-0.15, -0.1) is 0 Å². The summed E-state index contributed by atoms with van der Waals surface area (Å²) in [5.74, 6) is -2.12. The van der Waals surface area contributed by atoms with Crippen molar-refractivity contribution in [1.82, 2.24) is 21.3 Å². The predicted octanol–water partition coefficient (Wildman–Crippen LogP) is 9.41. The van der Waals surface area contributed by atoms with Crippen LogP contribution in [0.2, 0.25) is 0 Å². The van der Waals surface area contributed by atoms with E-state index in [1.807, 2.05) is 113 Å². The number of hydrogen-bond acceptors (Lipinski definition) is 12. The van der Waals surface area contributed by atoms with Crippen LogP contribution >= 0.6 is 0 Å². The van der Waals surface area contributed by atoms with E-state index < -0.39 is 40.1 Å². The first-order valence-electron chi connectivity index (χ1n) is 32.6. The maximum atomic E-state index is 14.8. The summed E-state index contributed by atoms with van der Waals surface area (Å²) in [6.45, 7) is 16.8. The summed E-state index contributed by atoms with van der Waals surface area (Å²) in [7, 11) is 0. The van der Waals surface area contributed by atoms with E-state index in [9.17, 15) is 38.7 Å². The summed E-state index contributed by atoms with van der Waals surface area (Å²) in [6.07, 6.45) is 12.2. The second kappa shape index (κ2) is 29.8. The third-order valence-corrected chi connectivity index (χ3v) is 20.3. The normalized spacial score (nSPS) is 24.1. The molecule has 6 N–H and O–H groups in total. The molecule has 0 bridgehead atoms. The number of imide groups is 1. The van der Waals surface area contributed by atoms with Crippen LogP contribution in [0.25, 0.3) is 12.2 Å². The van der Waals surface area contributed by atoms with Crippen molar-refractivity contribution >= 4 is 64.9 Å². The number of anilines is 2. The number of benzene rings is 4. The monoisotopic (exact) mass is 1230 g/mol. The predicted molar refractivity (Wildman–Crippen MR) is 346 cm³/mol. The lowest BCUT2D eigenvalue weighted by Crippen LogP contribution is -2.60. The topological polar surface area (TPSA) is 240 Å². The molecule has 0 spiro atoms. The van der Waals surface area contributed by atoms with Crippen molar-refractivity contribution in [3.63, 3.8) is 0 Å². The van der Waals surface area contributed by atoms with E-state index in [2.05, 4.69) is 46.5 Å². The number of nitrogens with one attached hydrogen (secondary N) is 5. The second-order valence-electron chi connectivity index (χ2n) is 26.7. The Morgan fingerprint density at radius 3 is 1.77 bits per heavy atom. The van der Waals surface area contributed by atoms with Crippen LogP contribution in [0.3, 0.4) is 0 Å². The Morgan fingerprint density at radius 1 is 0.578 bits per heavy atom. The first kappa shape index (κ1) is 67.2. The summed E-state index contributed by atoms with van der Waals surface area (Å²) >= 11 is 0. The molecular formula is C72H94N6O12. The third-order valence-electron chi connectivity index (χ3n) is 20.3. The maximum absolute atomic E-state index is 14.8. The largest absolute Gasteiger partial charge is 0.508 e. The lowest BCUT2D eigenvalue weighted by Gasteiger charge is -2.56. The molecule has 1 heterocycles. The molecule has 4 aromatic carbocycles. The molecule has 0 radical (unpaired) electrons. The number of para-hydroxylation sites is 1. The minimum Gasteiger partial charge on any atom is -0.508 e. The highest BCUT2D eigenvalue weighted by molar-refractivity contribution is 6.02. The van der Waals surface area contributed by atoms with Gasteiger partial charge in [0.25, 0.3) is 0 Å². The number of nitrogens with zero attached hydrogens (tertiary/aromatic N) is 1. The highest BCUT2D eigenvalue weighted by Crippen LogP contribution is 2.60. The van der Waals surface area contributed by atoms with Crippen molar-refractivity contribution in [2.24, 2.45) is 28.6 Å². The van der Waals surface area contributed by atoms with Crippen molar-refractivity contribution in [2.75, 3.05) is 69.6 Å². The fourth-order valence-corrected chi connectivity index (χ4v) is 15.3. The van der Waals surface area contributed by atoms with Gasteiger partial charge in [0, 0.05) is 31.5 Å². The number of carbonyl (C=O) groups is 7. The van der Waals surface area contributed by atoms with Crippen LogP contribution in [0.5, 0.6) is 5.75 Å². The molecule has 484 valence electrons. The average molecular weight is 1240 g/mol. The van der Waals surface area contributed by atoms with Gasteiger partial charge in [0.2, 0.25) is 41.4 Å². The van der Waals surface area contributed by atoms with Crippen molar-refractivity contribution < 1.29 is 57.6 Å². The number of ether oxygens (including phenoxy) is 4. The van der Waals surface area contributed by atoms with Crippen molar-refractivity contribution in [1.29, 1.82) is 0 Å². The molecule has 4 aliphatic carbocycles. The van der Waals surface area contributed by atoms with Crippen LogP contribution in [0, 0.1) is 28.6 Å². The highest BCUT2D eigenvalue weighted by atomic mass is 16.6. The standard InChI is InChI=1S/C72H94N6O12/c1-47(2)64(76-62(81)30-36-87-38-40-89-42-43-90-41-39-88-37-35-73-61(80)28-29-63(82)78-46-53-16-9-8-14-49(53)18-19-52-15-10-11-17-58(52)78)66(84)74-48(3)65(83)75-54-24-20-50-22-26-59-69(4,56(50)44-54)31-12-33-71(59,6)67(85)77-68(86)72(7)34-13-32-70(5)57-45-55(79)25-21-51(57)23-27-60(70)72/h8-11,14-21,24-25,44-45,47-48,59-60,64,79H,12-13,22-23,26-43,46H2,1-7H3,(H,73,80)(H,74,84)(H,75,83)(H,76,81)(H,77,85,86)/b19-18-/t48-,59+,60+,64-,69+,70+,71-,72-/m0/s1. The minimum absolute atomic E-state index is 0.0176. The Bertz CT molecular complexity index is 3290. The van der Waals surface area contributed by atoms with E-state index in [4.69, 9.17) is 18.9 Å². The van der Waals surface area contributed by atoms with Gasteiger partial charge >= 0.3 is 0 Å². The number of fused-ring (bicyclic) bond motifs is 8. The number of phenolic OH excluding ortho intramolecular Hbond substituents is 1. The van der Waals surface area contributed by atoms with Crippen LogP contribution in [-0.4, -0.2) is 118 Å². The quantitative estimate of drug-likeness (QED) is 0.0255. The van der Waals surface area contributed by atoms with E-state index in [-0.39, 0.29) is 90.9 Å². The summed E-state index contributed by atoms with van der Waals surface area (Å²) < 4.78 is 22.4. The van der Waals surface area contributed by atoms with Gasteiger partial charge in [0.05, 0.1) is 75.9 Å². The van der Waals surface area contributed by atoms with Crippen LogP contribution in [0.15, 0.2) is 84.9 Å². The molecule has 7 amide bonds. The lowest BCUT2D eigenvalue weighted by molar-refractivity contribution is -0.150. The molecule has 0 saturated heterocycles. The zero-order valence-electron chi connectivity index (χ0n) is 53.8. The molecular weight excluding hydrogens is 1140 g/mol. The number of rotatable bonds is 26. The zero-order chi connectivity index (χ0) is 64.2. The van der Waals surface area contributed by atoms with Gasteiger partial charge in [0.15, 0.2) is 0 Å². The van der Waals surface area contributed by atoms with Crippen molar-refractivity contribution in [3.8, 4) is 5.75 Å². The van der Waals surface area contributed by atoms with E-state index in [1.165, 1.54) is 11.1 Å². The average Bonchev–Trinajstić information content (AvgIpc) is 0.729. The van der Waals surface area contributed by atoms with Gasteiger partial charge in [-0.05, 0) is 156 Å². The van der Waals surface area contributed by atoms with E-state index in [0.29, 0.717) is 71.3 Å². The Labute approximate surface area is 530 Å². The van der Waals surface area contributed by atoms with Gasteiger partial charge in [-0.3, -0.25) is 38.9 Å². The summed E-state index contributed by atoms with van der Waals surface area (Å²) in [6, 6.07) is 25.5. The van der Waals surface area contributed by atoms with E-state index in [1.54, 1.807) is 17.9 Å². The molecule has 5 aliphatic rings. The van der Waals surface area contributed by atoms with Crippen molar-refractivity contribution in [3.05, 3.63) is 124 Å². The number of aryl methyl sites for hydroxylation is 2. The second-order valence-corrected chi connectivity index (χ2v) is 26.7. The van der Waals surface area contributed by atoms with Gasteiger partial charge in [-0.1, -0.05) is 121 Å². The molecule has 0 aromatic heterocycles. The number of hydrogen-bond donors (Lipinski definition) is 6. The van der Waals surface area contributed by atoms with Gasteiger partial charge in [0.1, 0.15) is 17.8 Å². The molecule has 18 heteroatoms. The molecule has 18 nitrogen and oxygen atoms in total. The molecule has 90 heavy (non-hydrogen) atoms. The fraction of sp³-hybridized carbons (Fsp3) is 0.542. The number of aromatic hydroxyl groups is 1. The maximum Gasteiger partial charge on any atom is 0.246 e. The van der Waals surface area contributed by atoms with Gasteiger partial charge < -0.3 is 50.2 Å². The number of amides is 7. The number of phenols is 1. The molecule has 0 unspecified atom stereocenters. The molecule has 9 rings (SSSR count). The van der Waals surface area contributed by atoms with Crippen LogP contribution < -0.4 is 31.5 Å². The summed E-state index contributed by atoms with van der Waals surface area (Å²) in [4.78, 5) is 97.6. The molecule has 4 aromatic rings. The van der Waals surface area contributed by atoms with Crippen LogP contribution in [-0.2, 0) is 82.7 Å². The first-order chi connectivity index (χ1) is 43.1. The van der Waals surface area contributed by atoms with E-state index >= 15 is 0 Å². The third kappa shape index (κ3) is 15.4. The van der Waals surface area contributed by atoms with Crippen LogP contribution in [0.4, 0.5) is 11.4 Å². The molecule has 2 saturated carbocycles. The molecule has 1 aliphatic heterocycles. The minimum atomic E-state index is -0.934. The zero-order valence-corrected chi connectivity index (χ0v) is 53.8. The molecule has 8 atom stereocenters. The first-order valence-corrected chi connectivity index (χ1v) is 32.6. The fourth-order valence-electron chi connectivity index (χ4n) is 15.3. The Kier molecular flexibility index (Phi) is 22.2. The SMILES string of the molecule is CC(C)[C@H](NC(=O)CCOCCOCCOCCOCCNC(=O)CCC(=O)N1Cc2ccccc2/C=C\c2ccccc21)C(=O)N[C@@H](C)C(=O)Nc1ccc2c(c1)[C@@]1(C)CCC[C@](C)(C(=O)NC(=O)[C@@]3(C)CCC[C@]4(C)c5cc(O)ccc5CC[C@@H]34)[C@@H]1CC2. The summed E-state index contributed by atoms with van der Waals surface area (Å²) in [5, 5.41) is 25.0. The Morgan fingerprint density at radius 2 is 1.13 bits per heavy atom. The van der Waals surface area contributed by atoms with E-state index in [0.717, 1.165) is 84.9 Å². The Balaban J connectivity index is 0.631. The lowest BCUT2D eigenvalue weighted by atomic mass is 9.49. The van der Waals surface area contributed by atoms with Crippen LogP contribution in [0.1, 0.15) is 158 Å². The van der Waals surface area contributed by atoms with Gasteiger partial charge in [-0.2, -0.15) is 0 Å². The smallest absolute Gasteiger partial charge is 0.246 e. The highest BCUT2D eigenvalue weighted by Gasteiger charge is 2.58. The number of carbonyl (C=O) groups excluding carboxylic acids is 7. The van der Waals surface area contributed by atoms with Gasteiger partial charge in [-0.25, -0.2) is 0 Å². The van der Waals surface area contributed by atoms with Crippen molar-refractivity contribution in [2.45, 2.75) is 161 Å².